The molecule has 1 aliphatic heterocycles. The van der Waals surface area contributed by atoms with Crippen LogP contribution in [0.2, 0.25) is 0 Å². The minimum atomic E-state index is 0.355. The van der Waals surface area contributed by atoms with Gasteiger partial charge >= 0.3 is 0 Å². The number of hydrogen-bond acceptors (Lipinski definition) is 3. The van der Waals surface area contributed by atoms with Gasteiger partial charge in [0.1, 0.15) is 11.9 Å². The second-order valence-corrected chi connectivity index (χ2v) is 3.53. The molecule has 3 heteroatoms. The van der Waals surface area contributed by atoms with Crippen LogP contribution in [-0.4, -0.2) is 31.1 Å². The van der Waals surface area contributed by atoms with Crippen molar-refractivity contribution in [1.82, 2.24) is 4.90 Å². The fraction of sp³-hybridized carbons (Fsp3) is 0.400. The molecule has 1 saturated heterocycles. The fourth-order valence-electron chi connectivity index (χ4n) is 1.46. The molecule has 0 saturated carbocycles. The number of nitrogens with zero attached hydrogens (tertiary/aromatic N) is 1. The van der Waals surface area contributed by atoms with Gasteiger partial charge in [-0.05, 0) is 31.3 Å². The van der Waals surface area contributed by atoms with Gasteiger partial charge in [0.25, 0.3) is 0 Å². The van der Waals surface area contributed by atoms with E-state index < -0.39 is 0 Å². The highest BCUT2D eigenvalue weighted by molar-refractivity contribution is 5.41. The summed E-state index contributed by atoms with van der Waals surface area (Å²) in [4.78, 5) is 2.22. The summed E-state index contributed by atoms with van der Waals surface area (Å²) in [5.41, 5.74) is 6.34. The van der Waals surface area contributed by atoms with Gasteiger partial charge < -0.3 is 10.5 Å². The number of likely N-dealkylation sites (N-methyl/N-ethyl adjacent to an activating group) is 1. The predicted octanol–water partition coefficient (Wildman–Crippen LogP) is 0.962. The van der Waals surface area contributed by atoms with E-state index in [-0.39, 0.29) is 0 Å². The van der Waals surface area contributed by atoms with Crippen LogP contribution in [0.25, 0.3) is 0 Å². The van der Waals surface area contributed by atoms with Crippen molar-refractivity contribution in [3.8, 4) is 5.75 Å². The third-order valence-corrected chi connectivity index (χ3v) is 2.21. The molecule has 1 fully saturated rings. The van der Waals surface area contributed by atoms with E-state index >= 15 is 0 Å². The van der Waals surface area contributed by atoms with Crippen molar-refractivity contribution in [2.45, 2.75) is 6.10 Å². The molecule has 1 aromatic rings. The van der Waals surface area contributed by atoms with Crippen LogP contribution in [-0.2, 0) is 0 Å². The van der Waals surface area contributed by atoms with Gasteiger partial charge in [0.2, 0.25) is 0 Å². The molecule has 0 unspecified atom stereocenters. The SMILES string of the molecule is CN1CC(Oc2ccc(N)cc2)C1. The van der Waals surface area contributed by atoms with E-state index in [9.17, 15) is 0 Å². The number of ether oxygens (including phenoxy) is 1. The van der Waals surface area contributed by atoms with Crippen LogP contribution in [0, 0.1) is 0 Å². The Hall–Kier alpha value is -1.22. The monoisotopic (exact) mass is 178 g/mol. The normalized spacial score (nSPS) is 18.2. The summed E-state index contributed by atoms with van der Waals surface area (Å²) in [7, 11) is 2.09. The van der Waals surface area contributed by atoms with E-state index in [1.165, 1.54) is 0 Å². The maximum Gasteiger partial charge on any atom is 0.124 e. The molecule has 0 bridgehead atoms. The number of nitrogens with two attached hydrogens (primary N) is 1. The molecule has 1 aliphatic rings. The summed E-state index contributed by atoms with van der Waals surface area (Å²) < 4.78 is 5.68. The van der Waals surface area contributed by atoms with Crippen LogP contribution < -0.4 is 10.5 Å². The van der Waals surface area contributed by atoms with E-state index in [4.69, 9.17) is 10.5 Å². The Labute approximate surface area is 78.1 Å². The van der Waals surface area contributed by atoms with E-state index in [0.717, 1.165) is 24.5 Å². The van der Waals surface area contributed by atoms with Crippen LogP contribution in [0.15, 0.2) is 24.3 Å². The molecule has 1 aromatic carbocycles. The quantitative estimate of drug-likeness (QED) is 0.685. The van der Waals surface area contributed by atoms with Gasteiger partial charge in [-0.15, -0.1) is 0 Å². The molecule has 0 atom stereocenters. The topological polar surface area (TPSA) is 38.5 Å². The highest BCUT2D eigenvalue weighted by Crippen LogP contribution is 2.18. The van der Waals surface area contributed by atoms with Gasteiger partial charge in [-0.2, -0.15) is 0 Å². The summed E-state index contributed by atoms with van der Waals surface area (Å²) in [5, 5.41) is 0. The zero-order valence-corrected chi connectivity index (χ0v) is 7.73. The van der Waals surface area contributed by atoms with Crippen LogP contribution in [0.5, 0.6) is 5.75 Å². The van der Waals surface area contributed by atoms with E-state index in [0.29, 0.717) is 6.10 Å². The van der Waals surface area contributed by atoms with E-state index in [2.05, 4.69) is 11.9 Å². The predicted molar refractivity (Wildman–Crippen MR) is 52.8 cm³/mol. The first-order valence-electron chi connectivity index (χ1n) is 4.45. The summed E-state index contributed by atoms with van der Waals surface area (Å²) in [6, 6.07) is 7.54. The summed E-state index contributed by atoms with van der Waals surface area (Å²) >= 11 is 0. The van der Waals surface area contributed by atoms with Crippen molar-refractivity contribution in [3.63, 3.8) is 0 Å². The third kappa shape index (κ3) is 1.92. The molecule has 0 spiro atoms. The number of likely N-dealkylation sites (tertiary alicyclic amines) is 1. The second-order valence-electron chi connectivity index (χ2n) is 3.53. The lowest BCUT2D eigenvalue weighted by atomic mass is 10.2. The number of rotatable bonds is 2. The van der Waals surface area contributed by atoms with Crippen molar-refractivity contribution in [2.75, 3.05) is 25.9 Å². The molecule has 1 heterocycles. The standard InChI is InChI=1S/C10H14N2O/c1-12-6-10(7-12)13-9-4-2-8(11)3-5-9/h2-5,10H,6-7,11H2,1H3. The Balaban J connectivity index is 1.91. The van der Waals surface area contributed by atoms with Crippen molar-refractivity contribution in [2.24, 2.45) is 0 Å². The number of hydrogen-bond donors (Lipinski definition) is 1. The summed E-state index contributed by atoms with van der Waals surface area (Å²) in [6.45, 7) is 2.04. The van der Waals surface area contributed by atoms with Crippen LogP contribution >= 0.6 is 0 Å². The maximum absolute atomic E-state index is 5.68. The van der Waals surface area contributed by atoms with Crippen molar-refractivity contribution in [3.05, 3.63) is 24.3 Å². The van der Waals surface area contributed by atoms with Crippen LogP contribution in [0.4, 0.5) is 5.69 Å². The minimum absolute atomic E-state index is 0.355. The maximum atomic E-state index is 5.68. The largest absolute Gasteiger partial charge is 0.488 e. The molecule has 70 valence electrons. The average Bonchev–Trinajstić information content (AvgIpc) is 2.06. The van der Waals surface area contributed by atoms with Gasteiger partial charge in [0, 0.05) is 18.8 Å². The Morgan fingerprint density at radius 1 is 1.31 bits per heavy atom. The third-order valence-electron chi connectivity index (χ3n) is 2.21. The zero-order valence-electron chi connectivity index (χ0n) is 7.73. The Bertz CT molecular complexity index is 277. The van der Waals surface area contributed by atoms with Gasteiger partial charge in [-0.25, -0.2) is 0 Å². The van der Waals surface area contributed by atoms with Crippen LogP contribution in [0.1, 0.15) is 0 Å². The molecule has 2 rings (SSSR count). The molecule has 0 aliphatic carbocycles. The van der Waals surface area contributed by atoms with E-state index in [1.807, 2.05) is 24.3 Å². The lowest BCUT2D eigenvalue weighted by molar-refractivity contribution is 0.0388. The van der Waals surface area contributed by atoms with Gasteiger partial charge in [0.15, 0.2) is 0 Å². The molecule has 13 heavy (non-hydrogen) atoms. The molecule has 0 aromatic heterocycles. The van der Waals surface area contributed by atoms with Gasteiger partial charge in [-0.1, -0.05) is 0 Å². The van der Waals surface area contributed by atoms with Crippen molar-refractivity contribution in [1.29, 1.82) is 0 Å². The molecule has 0 amide bonds. The molecule has 3 nitrogen and oxygen atoms in total. The Kier molecular flexibility index (Phi) is 2.10. The number of benzene rings is 1. The Morgan fingerprint density at radius 3 is 2.46 bits per heavy atom. The van der Waals surface area contributed by atoms with Gasteiger partial charge in [-0.3, -0.25) is 4.90 Å². The molecule has 2 N–H and O–H groups in total. The highest BCUT2D eigenvalue weighted by atomic mass is 16.5. The Morgan fingerprint density at radius 2 is 1.92 bits per heavy atom. The minimum Gasteiger partial charge on any atom is -0.488 e. The molecule has 0 radical (unpaired) electrons. The van der Waals surface area contributed by atoms with Crippen LogP contribution in [0.3, 0.4) is 0 Å². The van der Waals surface area contributed by atoms with E-state index in [1.54, 1.807) is 0 Å². The number of anilines is 1. The molecular weight excluding hydrogens is 164 g/mol. The van der Waals surface area contributed by atoms with Crippen molar-refractivity contribution >= 4 is 5.69 Å². The van der Waals surface area contributed by atoms with Crippen molar-refractivity contribution < 1.29 is 4.74 Å². The summed E-state index contributed by atoms with van der Waals surface area (Å²) in [6.07, 6.45) is 0.355. The first-order valence-corrected chi connectivity index (χ1v) is 4.45. The summed E-state index contributed by atoms with van der Waals surface area (Å²) in [5.74, 6) is 0.910. The number of nitrogen functional groups attached to an aromatic ring is 1. The van der Waals surface area contributed by atoms with Gasteiger partial charge in [0.05, 0.1) is 0 Å². The molecular formula is C10H14N2O. The first kappa shape index (κ1) is 8.38. The fourth-order valence-corrected chi connectivity index (χ4v) is 1.46. The second kappa shape index (κ2) is 3.26. The average molecular weight is 178 g/mol. The highest BCUT2D eigenvalue weighted by Gasteiger charge is 2.24. The lowest BCUT2D eigenvalue weighted by Gasteiger charge is -2.35. The lowest BCUT2D eigenvalue weighted by Crippen LogP contribution is -2.51. The smallest absolute Gasteiger partial charge is 0.124 e. The zero-order chi connectivity index (χ0) is 9.26. The first-order chi connectivity index (χ1) is 6.24.